The summed E-state index contributed by atoms with van der Waals surface area (Å²) in [5, 5.41) is 4.94. The van der Waals surface area contributed by atoms with Crippen LogP contribution in [0.25, 0.3) is 0 Å². The Morgan fingerprint density at radius 1 is 1.16 bits per heavy atom. The first-order valence-electron chi connectivity index (χ1n) is 6.65. The number of carbonyl (C=O) groups is 2. The molecule has 0 bridgehead atoms. The van der Waals surface area contributed by atoms with E-state index in [4.69, 9.17) is 0 Å². The van der Waals surface area contributed by atoms with Gasteiger partial charge in [-0.25, -0.2) is 4.79 Å². The predicted molar refractivity (Wildman–Crippen MR) is 73.6 cm³/mol. The Kier molecular flexibility index (Phi) is 3.60. The van der Waals surface area contributed by atoms with E-state index in [0.29, 0.717) is 5.92 Å². The molecule has 2 N–H and O–H groups in total. The van der Waals surface area contributed by atoms with Crippen molar-refractivity contribution < 1.29 is 9.59 Å². The molecule has 102 valence electrons. The molecule has 4 nitrogen and oxygen atoms in total. The maximum Gasteiger partial charge on any atom is 0.322 e. The topological polar surface area (TPSA) is 58.2 Å². The van der Waals surface area contributed by atoms with Gasteiger partial charge in [-0.2, -0.15) is 0 Å². The highest BCUT2D eigenvalue weighted by Gasteiger charge is 2.43. The third kappa shape index (κ3) is 2.78. The van der Waals surface area contributed by atoms with Gasteiger partial charge in [0.2, 0.25) is 0 Å². The summed E-state index contributed by atoms with van der Waals surface area (Å²) < 4.78 is 0. The van der Waals surface area contributed by atoms with Gasteiger partial charge in [-0.05, 0) is 36.8 Å². The van der Waals surface area contributed by atoms with Crippen molar-refractivity contribution in [2.45, 2.75) is 39.2 Å². The minimum absolute atomic E-state index is 0.299. The predicted octanol–water partition coefficient (Wildman–Crippen LogP) is 2.33. The van der Waals surface area contributed by atoms with E-state index < -0.39 is 11.6 Å². The van der Waals surface area contributed by atoms with Crippen LogP contribution in [0.3, 0.4) is 0 Å². The number of imide groups is 1. The number of urea groups is 1. The van der Waals surface area contributed by atoms with Crippen molar-refractivity contribution in [3.05, 3.63) is 35.4 Å². The van der Waals surface area contributed by atoms with Gasteiger partial charge in [-0.15, -0.1) is 0 Å². The first-order valence-corrected chi connectivity index (χ1v) is 6.65. The smallest absolute Gasteiger partial charge is 0.320 e. The highest BCUT2D eigenvalue weighted by atomic mass is 16.2. The lowest BCUT2D eigenvalue weighted by Gasteiger charge is -2.21. The Morgan fingerprint density at radius 3 is 2.26 bits per heavy atom. The molecule has 1 atom stereocenters. The van der Waals surface area contributed by atoms with Crippen molar-refractivity contribution in [3.63, 3.8) is 0 Å². The molecule has 1 unspecified atom stereocenters. The molecule has 0 saturated carbocycles. The van der Waals surface area contributed by atoms with Crippen molar-refractivity contribution in [3.8, 4) is 0 Å². The average molecular weight is 260 g/mol. The molecule has 0 aliphatic carbocycles. The number of benzene rings is 1. The van der Waals surface area contributed by atoms with Gasteiger partial charge >= 0.3 is 6.03 Å². The van der Waals surface area contributed by atoms with Gasteiger partial charge in [-0.3, -0.25) is 10.1 Å². The number of hydrogen-bond acceptors (Lipinski definition) is 2. The maximum atomic E-state index is 11.8. The van der Waals surface area contributed by atoms with E-state index in [1.807, 2.05) is 24.3 Å². The molecule has 1 aliphatic rings. The second-order valence-corrected chi connectivity index (χ2v) is 5.66. The van der Waals surface area contributed by atoms with Gasteiger partial charge in [0.1, 0.15) is 5.54 Å². The van der Waals surface area contributed by atoms with E-state index in [-0.39, 0.29) is 5.91 Å². The van der Waals surface area contributed by atoms with Crippen LogP contribution < -0.4 is 10.6 Å². The molecule has 0 aromatic heterocycles. The third-order valence-electron chi connectivity index (χ3n) is 3.59. The van der Waals surface area contributed by atoms with Crippen LogP contribution in [0.2, 0.25) is 0 Å². The summed E-state index contributed by atoms with van der Waals surface area (Å²) in [6.07, 6.45) is 2.18. The molecule has 0 radical (unpaired) electrons. The van der Waals surface area contributed by atoms with Crippen molar-refractivity contribution in [2.75, 3.05) is 0 Å². The first-order chi connectivity index (χ1) is 8.91. The largest absolute Gasteiger partial charge is 0.322 e. The molecule has 2 rings (SSSR count). The van der Waals surface area contributed by atoms with E-state index in [1.54, 1.807) is 6.92 Å². The lowest BCUT2D eigenvalue weighted by atomic mass is 9.91. The second-order valence-electron chi connectivity index (χ2n) is 5.66. The lowest BCUT2D eigenvalue weighted by Crippen LogP contribution is -2.40. The summed E-state index contributed by atoms with van der Waals surface area (Å²) in [6, 6.07) is 7.46. The summed E-state index contributed by atoms with van der Waals surface area (Å²) in [4.78, 5) is 23.1. The molecule has 1 saturated heterocycles. The second kappa shape index (κ2) is 5.03. The third-order valence-corrected chi connectivity index (χ3v) is 3.59. The highest BCUT2D eigenvalue weighted by molar-refractivity contribution is 6.07. The molecule has 4 heteroatoms. The molecule has 1 aromatic rings. The fraction of sp³-hybridized carbons (Fsp3) is 0.467. The number of nitrogens with one attached hydrogen (secondary N) is 2. The summed E-state index contributed by atoms with van der Waals surface area (Å²) in [5.41, 5.74) is 1.11. The maximum absolute atomic E-state index is 11.8. The van der Waals surface area contributed by atoms with Crippen molar-refractivity contribution in [2.24, 2.45) is 5.92 Å². The monoisotopic (exact) mass is 260 g/mol. The van der Waals surface area contributed by atoms with Crippen LogP contribution in [-0.4, -0.2) is 11.9 Å². The molecular formula is C15H20N2O2. The Morgan fingerprint density at radius 2 is 1.79 bits per heavy atom. The molecule has 1 fully saturated rings. The number of aryl methyl sites for hydroxylation is 1. The number of hydrogen-bond donors (Lipinski definition) is 2. The summed E-state index contributed by atoms with van der Waals surface area (Å²) in [5.74, 6) is 0.379. The Bertz CT molecular complexity index is 493. The average Bonchev–Trinajstić information content (AvgIpc) is 2.62. The number of amides is 3. The fourth-order valence-corrected chi connectivity index (χ4v) is 2.21. The van der Waals surface area contributed by atoms with E-state index in [1.165, 1.54) is 5.56 Å². The zero-order valence-electron chi connectivity index (χ0n) is 11.6. The van der Waals surface area contributed by atoms with Crippen LogP contribution >= 0.6 is 0 Å². The fourth-order valence-electron chi connectivity index (χ4n) is 2.21. The minimum atomic E-state index is -0.951. The first kappa shape index (κ1) is 13.6. The number of carbonyl (C=O) groups excluding carboxylic acids is 2. The van der Waals surface area contributed by atoms with Crippen molar-refractivity contribution in [1.82, 2.24) is 10.6 Å². The Balaban J connectivity index is 2.14. The standard InChI is InChI=1S/C15H20N2O2/c1-10(2)4-5-11-6-8-12(9-7-11)15(3)13(18)16-14(19)17-15/h6-10H,4-5H2,1-3H3,(H2,16,17,18,19). The SMILES string of the molecule is CC(C)CCc1ccc(C2(C)NC(=O)NC2=O)cc1. The van der Waals surface area contributed by atoms with Crippen molar-refractivity contribution in [1.29, 1.82) is 0 Å². The normalized spacial score (nSPS) is 22.5. The van der Waals surface area contributed by atoms with Gasteiger partial charge in [0.15, 0.2) is 0 Å². The summed E-state index contributed by atoms with van der Waals surface area (Å²) >= 11 is 0. The molecule has 1 aliphatic heterocycles. The molecule has 1 aromatic carbocycles. The van der Waals surface area contributed by atoms with E-state index in [0.717, 1.165) is 18.4 Å². The quantitative estimate of drug-likeness (QED) is 0.816. The molecule has 0 spiro atoms. The lowest BCUT2D eigenvalue weighted by molar-refractivity contribution is -0.123. The van der Waals surface area contributed by atoms with Gasteiger partial charge in [-0.1, -0.05) is 38.1 Å². The van der Waals surface area contributed by atoms with Gasteiger partial charge < -0.3 is 5.32 Å². The summed E-state index contributed by atoms with van der Waals surface area (Å²) in [6.45, 7) is 6.12. The van der Waals surface area contributed by atoms with E-state index in [9.17, 15) is 9.59 Å². The van der Waals surface area contributed by atoms with Crippen LogP contribution in [0.15, 0.2) is 24.3 Å². The Labute approximate surface area is 113 Å². The molecule has 19 heavy (non-hydrogen) atoms. The van der Waals surface area contributed by atoms with Crippen molar-refractivity contribution >= 4 is 11.9 Å². The van der Waals surface area contributed by atoms with Gasteiger partial charge in [0.25, 0.3) is 5.91 Å². The molecular weight excluding hydrogens is 240 g/mol. The van der Waals surface area contributed by atoms with Crippen LogP contribution in [0, 0.1) is 5.92 Å². The zero-order valence-corrected chi connectivity index (χ0v) is 11.6. The zero-order chi connectivity index (χ0) is 14.0. The van der Waals surface area contributed by atoms with Gasteiger partial charge in [0.05, 0.1) is 0 Å². The molecule has 3 amide bonds. The van der Waals surface area contributed by atoms with Gasteiger partial charge in [0, 0.05) is 0 Å². The van der Waals surface area contributed by atoms with Crippen LogP contribution in [0.5, 0.6) is 0 Å². The Hall–Kier alpha value is -1.84. The van der Waals surface area contributed by atoms with E-state index >= 15 is 0 Å². The number of rotatable bonds is 4. The van der Waals surface area contributed by atoms with Crippen LogP contribution in [0.1, 0.15) is 38.3 Å². The van der Waals surface area contributed by atoms with Crippen LogP contribution in [0.4, 0.5) is 4.79 Å². The highest BCUT2D eigenvalue weighted by Crippen LogP contribution is 2.24. The van der Waals surface area contributed by atoms with E-state index in [2.05, 4.69) is 24.5 Å². The summed E-state index contributed by atoms with van der Waals surface area (Å²) in [7, 11) is 0. The molecule has 1 heterocycles. The van der Waals surface area contributed by atoms with Crippen LogP contribution in [-0.2, 0) is 16.8 Å². The minimum Gasteiger partial charge on any atom is -0.320 e.